The van der Waals surface area contributed by atoms with E-state index in [0.29, 0.717) is 19.3 Å². The summed E-state index contributed by atoms with van der Waals surface area (Å²) in [5.74, 6) is -0.246. The van der Waals surface area contributed by atoms with E-state index in [2.05, 4.69) is 10.1 Å². The van der Waals surface area contributed by atoms with Gasteiger partial charge in [0.25, 0.3) is 0 Å². The molecule has 0 aromatic rings. The van der Waals surface area contributed by atoms with Crippen molar-refractivity contribution in [3.05, 3.63) is 0 Å². The lowest BCUT2D eigenvalue weighted by atomic mass is 10.2. The molecule has 0 aliphatic carbocycles. The molecule has 0 rings (SSSR count). The predicted molar refractivity (Wildman–Crippen MR) is 39.9 cm³/mol. The smallest absolute Gasteiger partial charge is 0.305 e. The zero-order chi connectivity index (χ0) is 8.69. The number of ether oxygens (including phenoxy) is 1. The summed E-state index contributed by atoms with van der Waals surface area (Å²) >= 11 is 0. The summed E-state index contributed by atoms with van der Waals surface area (Å²) in [7, 11) is 1.35. The molecule has 0 aliphatic rings. The maximum atomic E-state index is 10.6. The predicted octanol–water partition coefficient (Wildman–Crippen LogP) is 0.0741. The molecule has 0 aromatic heterocycles. The van der Waals surface area contributed by atoms with Crippen LogP contribution in [0.15, 0.2) is 0 Å². The molecule has 0 aliphatic heterocycles. The van der Waals surface area contributed by atoms with Crippen LogP contribution >= 0.6 is 0 Å². The van der Waals surface area contributed by atoms with Gasteiger partial charge in [-0.2, -0.15) is 0 Å². The Kier molecular flexibility index (Phi) is 5.15. The van der Waals surface area contributed by atoms with Gasteiger partial charge in [-0.25, -0.2) is 0 Å². The summed E-state index contributed by atoms with van der Waals surface area (Å²) in [6, 6.07) is 0.0339. The van der Waals surface area contributed by atoms with Crippen LogP contribution in [0.3, 0.4) is 0 Å². The van der Waals surface area contributed by atoms with Gasteiger partial charge in [0.05, 0.1) is 7.11 Å². The van der Waals surface area contributed by atoms with Crippen LogP contribution in [-0.2, 0) is 14.3 Å². The number of amides is 1. The number of esters is 1. The fourth-order valence-corrected chi connectivity index (χ4v) is 0.636. The number of hydrogen-bond donors (Lipinski definition) is 1. The molecule has 11 heavy (non-hydrogen) atoms. The molecule has 1 atom stereocenters. The summed E-state index contributed by atoms with van der Waals surface area (Å²) in [5, 5.41) is 2.54. The molecule has 4 heteroatoms. The molecule has 0 heterocycles. The van der Waals surface area contributed by atoms with Crippen LogP contribution in [0.5, 0.6) is 0 Å². The van der Waals surface area contributed by atoms with Crippen LogP contribution in [0.4, 0.5) is 0 Å². The van der Waals surface area contributed by atoms with Gasteiger partial charge < -0.3 is 10.1 Å². The van der Waals surface area contributed by atoms with Crippen molar-refractivity contribution in [2.24, 2.45) is 0 Å². The largest absolute Gasteiger partial charge is 0.469 e. The van der Waals surface area contributed by atoms with Crippen LogP contribution in [0.1, 0.15) is 19.8 Å². The van der Waals surface area contributed by atoms with E-state index in [4.69, 9.17) is 0 Å². The van der Waals surface area contributed by atoms with E-state index in [0.717, 1.165) is 0 Å². The standard InChI is InChI=1S/C7H13NO3/c1-6(8-5-9)3-4-7(10)11-2/h5-6H,3-4H2,1-2H3,(H,8,9). The summed E-state index contributed by atoms with van der Waals surface area (Å²) < 4.78 is 4.42. The van der Waals surface area contributed by atoms with Gasteiger partial charge in [-0.3, -0.25) is 9.59 Å². The average molecular weight is 159 g/mol. The van der Waals surface area contributed by atoms with Gasteiger partial charge >= 0.3 is 5.97 Å². The highest BCUT2D eigenvalue weighted by Gasteiger charge is 2.04. The minimum absolute atomic E-state index is 0.0339. The second kappa shape index (κ2) is 5.70. The first kappa shape index (κ1) is 9.94. The minimum Gasteiger partial charge on any atom is -0.469 e. The summed E-state index contributed by atoms with van der Waals surface area (Å²) in [5.41, 5.74) is 0. The molecule has 0 radical (unpaired) electrons. The van der Waals surface area contributed by atoms with E-state index in [9.17, 15) is 9.59 Å². The Morgan fingerprint density at radius 3 is 2.82 bits per heavy atom. The molecule has 1 N–H and O–H groups in total. The Bertz CT molecular complexity index is 136. The Balaban J connectivity index is 3.36. The third-order valence-corrected chi connectivity index (χ3v) is 1.36. The maximum absolute atomic E-state index is 10.6. The molecule has 0 aromatic carbocycles. The van der Waals surface area contributed by atoms with Crippen molar-refractivity contribution >= 4 is 12.4 Å². The zero-order valence-corrected chi connectivity index (χ0v) is 6.79. The summed E-state index contributed by atoms with van der Waals surface area (Å²) in [4.78, 5) is 20.5. The first-order chi connectivity index (χ1) is 5.20. The normalized spacial score (nSPS) is 11.8. The fraction of sp³-hybridized carbons (Fsp3) is 0.714. The Labute approximate surface area is 65.9 Å². The van der Waals surface area contributed by atoms with E-state index in [-0.39, 0.29) is 12.0 Å². The third-order valence-electron chi connectivity index (χ3n) is 1.36. The van der Waals surface area contributed by atoms with Crippen molar-refractivity contribution in [2.45, 2.75) is 25.8 Å². The van der Waals surface area contributed by atoms with Gasteiger partial charge in [-0.15, -0.1) is 0 Å². The molecule has 0 saturated carbocycles. The van der Waals surface area contributed by atoms with Crippen LogP contribution in [0, 0.1) is 0 Å². The summed E-state index contributed by atoms with van der Waals surface area (Å²) in [6.07, 6.45) is 1.59. The monoisotopic (exact) mass is 159 g/mol. The molecule has 64 valence electrons. The Morgan fingerprint density at radius 2 is 2.36 bits per heavy atom. The van der Waals surface area contributed by atoms with Crippen LogP contribution in [0.25, 0.3) is 0 Å². The molecule has 0 bridgehead atoms. The molecule has 4 nitrogen and oxygen atoms in total. The second-order valence-electron chi connectivity index (χ2n) is 2.30. The lowest BCUT2D eigenvalue weighted by molar-refractivity contribution is -0.140. The minimum atomic E-state index is -0.246. The number of methoxy groups -OCH3 is 1. The number of carbonyl (C=O) groups excluding carboxylic acids is 2. The van der Waals surface area contributed by atoms with Gasteiger partial charge in [0.15, 0.2) is 0 Å². The first-order valence-corrected chi connectivity index (χ1v) is 3.47. The number of rotatable bonds is 5. The van der Waals surface area contributed by atoms with Crippen LogP contribution in [-0.4, -0.2) is 25.5 Å². The zero-order valence-electron chi connectivity index (χ0n) is 6.79. The Morgan fingerprint density at radius 1 is 1.73 bits per heavy atom. The third kappa shape index (κ3) is 5.39. The van der Waals surface area contributed by atoms with Gasteiger partial charge in [0.2, 0.25) is 6.41 Å². The molecular formula is C7H13NO3. The van der Waals surface area contributed by atoms with E-state index in [1.165, 1.54) is 7.11 Å². The molecule has 0 spiro atoms. The van der Waals surface area contributed by atoms with E-state index < -0.39 is 0 Å². The lowest BCUT2D eigenvalue weighted by Crippen LogP contribution is -2.25. The first-order valence-electron chi connectivity index (χ1n) is 3.47. The van der Waals surface area contributed by atoms with Gasteiger partial charge in [-0.1, -0.05) is 0 Å². The molecule has 1 amide bonds. The highest BCUT2D eigenvalue weighted by Crippen LogP contribution is 1.96. The fourth-order valence-electron chi connectivity index (χ4n) is 0.636. The molecular weight excluding hydrogens is 146 g/mol. The topological polar surface area (TPSA) is 55.4 Å². The average Bonchev–Trinajstić information content (AvgIpc) is 2.01. The quantitative estimate of drug-likeness (QED) is 0.456. The lowest BCUT2D eigenvalue weighted by Gasteiger charge is -2.07. The SMILES string of the molecule is COC(=O)CCC(C)NC=O. The molecule has 0 saturated heterocycles. The maximum Gasteiger partial charge on any atom is 0.305 e. The number of carbonyl (C=O) groups is 2. The molecule has 1 unspecified atom stereocenters. The van der Waals surface area contributed by atoms with Crippen LogP contribution < -0.4 is 5.32 Å². The van der Waals surface area contributed by atoms with Crippen molar-refractivity contribution in [1.29, 1.82) is 0 Å². The molecule has 0 fully saturated rings. The van der Waals surface area contributed by atoms with Crippen molar-refractivity contribution in [1.82, 2.24) is 5.32 Å². The summed E-state index contributed by atoms with van der Waals surface area (Å²) in [6.45, 7) is 1.83. The number of hydrogen-bond acceptors (Lipinski definition) is 3. The van der Waals surface area contributed by atoms with Crippen molar-refractivity contribution in [3.8, 4) is 0 Å². The Hall–Kier alpha value is -1.06. The van der Waals surface area contributed by atoms with Crippen molar-refractivity contribution in [2.75, 3.05) is 7.11 Å². The highest BCUT2D eigenvalue weighted by atomic mass is 16.5. The van der Waals surface area contributed by atoms with Gasteiger partial charge in [-0.05, 0) is 13.3 Å². The number of nitrogens with one attached hydrogen (secondary N) is 1. The highest BCUT2D eigenvalue weighted by molar-refractivity contribution is 5.69. The van der Waals surface area contributed by atoms with E-state index >= 15 is 0 Å². The van der Waals surface area contributed by atoms with Gasteiger partial charge in [0.1, 0.15) is 0 Å². The van der Waals surface area contributed by atoms with Crippen LogP contribution in [0.2, 0.25) is 0 Å². The van der Waals surface area contributed by atoms with E-state index in [1.54, 1.807) is 0 Å². The second-order valence-corrected chi connectivity index (χ2v) is 2.30. The van der Waals surface area contributed by atoms with Gasteiger partial charge in [0, 0.05) is 12.5 Å². The van der Waals surface area contributed by atoms with Crippen molar-refractivity contribution < 1.29 is 14.3 Å². The van der Waals surface area contributed by atoms with Crippen molar-refractivity contribution in [3.63, 3.8) is 0 Å². The van der Waals surface area contributed by atoms with E-state index in [1.807, 2.05) is 6.92 Å².